The normalized spacial score (nSPS) is 11.0. The number of thioether (sulfide) groups is 1. The molecule has 112 valence electrons. The third kappa shape index (κ3) is 3.22. The molecule has 0 N–H and O–H groups in total. The molecule has 0 aliphatic rings. The molecule has 0 aliphatic carbocycles. The summed E-state index contributed by atoms with van der Waals surface area (Å²) in [6.45, 7) is 4.13. The Labute approximate surface area is 134 Å². The van der Waals surface area contributed by atoms with E-state index in [-0.39, 0.29) is 5.56 Å². The average molecular weight is 310 g/mol. The molecule has 4 heteroatoms. The molecule has 0 aliphatic heterocycles. The molecule has 3 nitrogen and oxygen atoms in total. The van der Waals surface area contributed by atoms with Crippen molar-refractivity contribution in [3.8, 4) is 0 Å². The van der Waals surface area contributed by atoms with E-state index in [1.807, 2.05) is 19.1 Å². The van der Waals surface area contributed by atoms with Gasteiger partial charge in [-0.2, -0.15) is 11.8 Å². The largest absolute Gasteiger partial charge is 0.269 e. The van der Waals surface area contributed by atoms with Crippen LogP contribution < -0.4 is 5.56 Å². The Morgan fingerprint density at radius 1 is 1.09 bits per heavy atom. The van der Waals surface area contributed by atoms with Crippen LogP contribution in [0.25, 0.3) is 5.65 Å². The predicted octanol–water partition coefficient (Wildman–Crippen LogP) is 3.74. The molecule has 3 aromatic rings. The molecule has 0 spiro atoms. The summed E-state index contributed by atoms with van der Waals surface area (Å²) < 4.78 is 1.59. The molecule has 0 atom stereocenters. The number of pyridine rings is 1. The van der Waals surface area contributed by atoms with Gasteiger partial charge in [-0.1, -0.05) is 24.3 Å². The van der Waals surface area contributed by atoms with E-state index in [0.717, 1.165) is 28.4 Å². The summed E-state index contributed by atoms with van der Waals surface area (Å²) in [5.41, 5.74) is 5.29. The first-order valence-corrected chi connectivity index (χ1v) is 8.40. The van der Waals surface area contributed by atoms with Crippen molar-refractivity contribution in [1.82, 2.24) is 9.38 Å². The first kappa shape index (κ1) is 14.9. The first-order valence-electron chi connectivity index (χ1n) is 7.25. The molecule has 0 saturated heterocycles. The molecular weight excluding hydrogens is 292 g/mol. The highest BCUT2D eigenvalue weighted by Gasteiger charge is 2.04. The van der Waals surface area contributed by atoms with Gasteiger partial charge in [0.2, 0.25) is 0 Å². The summed E-state index contributed by atoms with van der Waals surface area (Å²) in [6.07, 6.45) is 1.78. The smallest absolute Gasteiger partial charge is 0.258 e. The van der Waals surface area contributed by atoms with Crippen LogP contribution in [0.4, 0.5) is 0 Å². The Bertz CT molecular complexity index is 870. The molecule has 2 heterocycles. The van der Waals surface area contributed by atoms with Crippen molar-refractivity contribution in [2.75, 3.05) is 0 Å². The van der Waals surface area contributed by atoms with E-state index in [1.165, 1.54) is 11.1 Å². The minimum atomic E-state index is -0.0171. The lowest BCUT2D eigenvalue weighted by Gasteiger charge is -2.06. The Morgan fingerprint density at radius 3 is 2.73 bits per heavy atom. The maximum Gasteiger partial charge on any atom is 0.258 e. The highest BCUT2D eigenvalue weighted by molar-refractivity contribution is 7.97. The quantitative estimate of drug-likeness (QED) is 0.736. The fourth-order valence-electron chi connectivity index (χ4n) is 2.37. The molecule has 0 radical (unpaired) electrons. The lowest BCUT2D eigenvalue weighted by molar-refractivity contribution is 1.01. The summed E-state index contributed by atoms with van der Waals surface area (Å²) in [4.78, 5) is 16.7. The molecule has 0 unspecified atom stereocenters. The van der Waals surface area contributed by atoms with Gasteiger partial charge in [-0.05, 0) is 42.7 Å². The molecule has 0 amide bonds. The van der Waals surface area contributed by atoms with E-state index in [0.29, 0.717) is 0 Å². The van der Waals surface area contributed by atoms with Gasteiger partial charge in [0.15, 0.2) is 0 Å². The lowest BCUT2D eigenvalue weighted by Crippen LogP contribution is -2.15. The minimum absolute atomic E-state index is 0.0171. The topological polar surface area (TPSA) is 34.4 Å². The van der Waals surface area contributed by atoms with E-state index in [1.54, 1.807) is 28.4 Å². The maximum atomic E-state index is 12.1. The zero-order chi connectivity index (χ0) is 15.5. The van der Waals surface area contributed by atoms with Gasteiger partial charge in [-0.15, -0.1) is 0 Å². The van der Waals surface area contributed by atoms with Gasteiger partial charge in [0.05, 0.1) is 5.69 Å². The molecule has 0 saturated carbocycles. The molecule has 3 rings (SSSR count). The number of rotatable bonds is 4. The van der Waals surface area contributed by atoms with Crippen molar-refractivity contribution in [1.29, 1.82) is 0 Å². The van der Waals surface area contributed by atoms with Gasteiger partial charge in [0.1, 0.15) is 5.65 Å². The van der Waals surface area contributed by atoms with Crippen LogP contribution in [0, 0.1) is 13.8 Å². The van der Waals surface area contributed by atoms with Crippen LogP contribution in [-0.2, 0) is 11.5 Å². The number of hydrogen-bond acceptors (Lipinski definition) is 3. The van der Waals surface area contributed by atoms with E-state index >= 15 is 0 Å². The summed E-state index contributed by atoms with van der Waals surface area (Å²) >= 11 is 1.78. The van der Waals surface area contributed by atoms with Gasteiger partial charge >= 0.3 is 0 Å². The minimum Gasteiger partial charge on any atom is -0.269 e. The number of fused-ring (bicyclic) bond motifs is 1. The fourth-order valence-corrected chi connectivity index (χ4v) is 3.37. The predicted molar refractivity (Wildman–Crippen MR) is 92.4 cm³/mol. The van der Waals surface area contributed by atoms with Crippen molar-refractivity contribution in [2.24, 2.45) is 0 Å². The van der Waals surface area contributed by atoms with Crippen molar-refractivity contribution in [3.63, 3.8) is 0 Å². The lowest BCUT2D eigenvalue weighted by atomic mass is 10.1. The van der Waals surface area contributed by atoms with Crippen LogP contribution in [0.3, 0.4) is 0 Å². The third-order valence-corrected chi connectivity index (χ3v) is 4.66. The second kappa shape index (κ2) is 6.36. The van der Waals surface area contributed by atoms with Crippen molar-refractivity contribution < 1.29 is 0 Å². The summed E-state index contributed by atoms with van der Waals surface area (Å²) in [6, 6.07) is 13.9. The van der Waals surface area contributed by atoms with Crippen LogP contribution in [-0.4, -0.2) is 9.38 Å². The highest BCUT2D eigenvalue weighted by Crippen LogP contribution is 2.19. The fraction of sp³-hybridized carbons (Fsp3) is 0.222. The van der Waals surface area contributed by atoms with Gasteiger partial charge in [-0.25, -0.2) is 4.98 Å². The maximum absolute atomic E-state index is 12.1. The number of hydrogen-bond donors (Lipinski definition) is 0. The van der Waals surface area contributed by atoms with Crippen LogP contribution >= 0.6 is 11.8 Å². The van der Waals surface area contributed by atoms with E-state index in [9.17, 15) is 4.79 Å². The Balaban J connectivity index is 1.77. The third-order valence-electron chi connectivity index (χ3n) is 3.64. The van der Waals surface area contributed by atoms with Crippen molar-refractivity contribution >= 4 is 17.4 Å². The zero-order valence-electron chi connectivity index (χ0n) is 12.7. The Morgan fingerprint density at radius 2 is 1.91 bits per heavy atom. The molecule has 2 aromatic heterocycles. The SMILES string of the molecule is Cc1ccn2c(=O)cc(CSCc3ccccc3C)nc2c1. The molecule has 1 aromatic carbocycles. The summed E-state index contributed by atoms with van der Waals surface area (Å²) in [7, 11) is 0. The Kier molecular flexibility index (Phi) is 4.29. The van der Waals surface area contributed by atoms with E-state index < -0.39 is 0 Å². The van der Waals surface area contributed by atoms with Gasteiger partial charge in [0, 0.05) is 23.8 Å². The van der Waals surface area contributed by atoms with E-state index in [4.69, 9.17) is 0 Å². The highest BCUT2D eigenvalue weighted by atomic mass is 32.2. The molecule has 0 fully saturated rings. The summed E-state index contributed by atoms with van der Waals surface area (Å²) in [5.74, 6) is 1.68. The standard InChI is InChI=1S/C18H18N2OS/c1-13-7-8-20-17(9-13)19-16(10-18(20)21)12-22-11-15-6-4-3-5-14(15)2/h3-10H,11-12H2,1-2H3. The Hall–Kier alpha value is -2.07. The summed E-state index contributed by atoms with van der Waals surface area (Å²) in [5, 5.41) is 0. The monoisotopic (exact) mass is 310 g/mol. The van der Waals surface area contributed by atoms with Crippen LogP contribution in [0.1, 0.15) is 22.4 Å². The van der Waals surface area contributed by atoms with Crippen LogP contribution in [0.5, 0.6) is 0 Å². The first-order chi connectivity index (χ1) is 10.6. The second-order valence-corrected chi connectivity index (χ2v) is 6.42. The molecular formula is C18H18N2OS. The number of aryl methyl sites for hydroxylation is 2. The van der Waals surface area contributed by atoms with Crippen molar-refractivity contribution in [3.05, 3.63) is 81.4 Å². The molecule has 22 heavy (non-hydrogen) atoms. The van der Waals surface area contributed by atoms with Crippen LogP contribution in [0.2, 0.25) is 0 Å². The van der Waals surface area contributed by atoms with Crippen molar-refractivity contribution in [2.45, 2.75) is 25.4 Å². The average Bonchev–Trinajstić information content (AvgIpc) is 2.49. The van der Waals surface area contributed by atoms with Gasteiger partial charge < -0.3 is 0 Å². The number of nitrogens with zero attached hydrogens (tertiary/aromatic N) is 2. The molecule has 0 bridgehead atoms. The van der Waals surface area contributed by atoms with E-state index in [2.05, 4.69) is 36.2 Å². The van der Waals surface area contributed by atoms with Gasteiger partial charge in [0.25, 0.3) is 5.56 Å². The van der Waals surface area contributed by atoms with Crippen LogP contribution in [0.15, 0.2) is 53.5 Å². The zero-order valence-corrected chi connectivity index (χ0v) is 13.6. The number of aromatic nitrogens is 2. The number of benzene rings is 1. The van der Waals surface area contributed by atoms with Gasteiger partial charge in [-0.3, -0.25) is 9.20 Å². The second-order valence-electron chi connectivity index (χ2n) is 5.44.